The second-order valence-corrected chi connectivity index (χ2v) is 6.26. The summed E-state index contributed by atoms with van der Waals surface area (Å²) in [5, 5.41) is 29.8. The van der Waals surface area contributed by atoms with Gasteiger partial charge < -0.3 is 20.1 Å². The fraction of sp³-hybridized carbons (Fsp3) is 0.417. The Balaban J connectivity index is 2.12. The van der Waals surface area contributed by atoms with E-state index in [1.54, 1.807) is 16.7 Å². The Morgan fingerprint density at radius 2 is 1.90 bits per heavy atom. The van der Waals surface area contributed by atoms with Crippen molar-refractivity contribution in [1.82, 2.24) is 9.55 Å². The van der Waals surface area contributed by atoms with Gasteiger partial charge >= 0.3 is 0 Å². The van der Waals surface area contributed by atoms with Crippen molar-refractivity contribution in [3.8, 4) is 0 Å². The molecule has 1 saturated heterocycles. The van der Waals surface area contributed by atoms with Gasteiger partial charge in [0.05, 0.1) is 27.7 Å². The summed E-state index contributed by atoms with van der Waals surface area (Å²) in [4.78, 5) is 4.27. The highest BCUT2D eigenvalue weighted by molar-refractivity contribution is 9.10. The summed E-state index contributed by atoms with van der Waals surface area (Å²) in [6.07, 6.45) is -4.15. The van der Waals surface area contributed by atoms with Crippen molar-refractivity contribution in [3.05, 3.63) is 26.9 Å². The molecule has 1 aromatic carbocycles. The fourth-order valence-corrected chi connectivity index (χ4v) is 3.30. The minimum atomic E-state index is -1.20. The molecule has 0 unspecified atom stereocenters. The molecule has 2 heterocycles. The normalized spacial score (nSPS) is 29.4. The number of aromatic nitrogens is 2. The van der Waals surface area contributed by atoms with Crippen LogP contribution in [0.3, 0.4) is 0 Å². The molecule has 9 heteroatoms. The molecule has 1 aromatic heterocycles. The van der Waals surface area contributed by atoms with Gasteiger partial charge in [0.2, 0.25) is 0 Å². The molecule has 1 aliphatic rings. The number of fused-ring (bicyclic) bond motifs is 1. The zero-order valence-corrected chi connectivity index (χ0v) is 13.5. The van der Waals surface area contributed by atoms with Crippen LogP contribution in [0.4, 0.5) is 0 Å². The molecule has 1 fully saturated rings. The van der Waals surface area contributed by atoms with E-state index in [2.05, 4.69) is 20.9 Å². The number of ether oxygens (including phenoxy) is 1. The van der Waals surface area contributed by atoms with E-state index in [0.717, 1.165) is 0 Å². The second-order valence-electron chi connectivity index (χ2n) is 4.73. The molecule has 3 rings (SSSR count). The number of benzene rings is 1. The van der Waals surface area contributed by atoms with Crippen LogP contribution >= 0.6 is 39.1 Å². The second kappa shape index (κ2) is 5.66. The maximum Gasteiger partial charge on any atom is 0.180 e. The first-order valence-electron chi connectivity index (χ1n) is 6.09. The average Bonchev–Trinajstić information content (AvgIpc) is 2.89. The quantitative estimate of drug-likeness (QED) is 0.718. The number of nitrogens with zero attached hydrogens (tertiary/aromatic N) is 2. The van der Waals surface area contributed by atoms with Crippen LogP contribution in [-0.4, -0.2) is 49.8 Å². The van der Waals surface area contributed by atoms with E-state index < -0.39 is 31.1 Å². The van der Waals surface area contributed by atoms with Crippen LogP contribution < -0.4 is 0 Å². The highest BCUT2D eigenvalue weighted by Gasteiger charge is 2.44. The molecule has 2 aromatic rings. The minimum Gasteiger partial charge on any atom is -0.394 e. The largest absolute Gasteiger partial charge is 0.394 e. The number of imidazole rings is 1. The van der Waals surface area contributed by atoms with Crippen LogP contribution in [0.2, 0.25) is 10.0 Å². The van der Waals surface area contributed by atoms with E-state index in [1.165, 1.54) is 0 Å². The lowest BCUT2D eigenvalue weighted by molar-refractivity contribution is -0.0518. The smallest absolute Gasteiger partial charge is 0.180 e. The van der Waals surface area contributed by atoms with Crippen molar-refractivity contribution in [1.29, 1.82) is 0 Å². The SMILES string of the molecule is OC[C@H]1O[C@@H](n2c(Br)nc3cc(Cl)c(Cl)cc32)[C@@H](O)[C@H]1O. The molecule has 0 saturated carbocycles. The summed E-state index contributed by atoms with van der Waals surface area (Å²) in [5.41, 5.74) is 1.15. The van der Waals surface area contributed by atoms with Gasteiger partial charge in [0.1, 0.15) is 18.3 Å². The zero-order valence-electron chi connectivity index (χ0n) is 10.4. The van der Waals surface area contributed by atoms with Gasteiger partial charge in [0.25, 0.3) is 0 Å². The maximum atomic E-state index is 10.1. The third-order valence-corrected chi connectivity index (χ3v) is 4.74. The molecule has 0 radical (unpaired) electrons. The number of aliphatic hydroxyl groups excluding tert-OH is 3. The lowest BCUT2D eigenvalue weighted by Crippen LogP contribution is -2.33. The van der Waals surface area contributed by atoms with E-state index in [9.17, 15) is 10.2 Å². The van der Waals surface area contributed by atoms with Crippen molar-refractivity contribution in [2.75, 3.05) is 6.61 Å². The third-order valence-electron chi connectivity index (χ3n) is 3.46. The number of rotatable bonds is 2. The van der Waals surface area contributed by atoms with Crippen LogP contribution in [0.15, 0.2) is 16.9 Å². The average molecular weight is 398 g/mol. The highest BCUT2D eigenvalue weighted by atomic mass is 79.9. The lowest BCUT2D eigenvalue weighted by atomic mass is 10.1. The first-order valence-corrected chi connectivity index (χ1v) is 7.64. The Bertz CT molecular complexity index is 695. The summed E-state index contributed by atoms with van der Waals surface area (Å²) in [6, 6.07) is 3.20. The van der Waals surface area contributed by atoms with Gasteiger partial charge in [0, 0.05) is 0 Å². The van der Waals surface area contributed by atoms with E-state index in [1.807, 2.05) is 0 Å². The Kier molecular flexibility index (Phi) is 4.17. The summed E-state index contributed by atoms with van der Waals surface area (Å²) in [5.74, 6) is 0. The number of halogens is 3. The van der Waals surface area contributed by atoms with Crippen LogP contribution in [0.5, 0.6) is 0 Å². The van der Waals surface area contributed by atoms with Gasteiger partial charge in [-0.25, -0.2) is 4.98 Å². The Labute approximate surface area is 138 Å². The molecule has 0 bridgehead atoms. The van der Waals surface area contributed by atoms with Crippen molar-refractivity contribution in [3.63, 3.8) is 0 Å². The molecule has 0 spiro atoms. The Morgan fingerprint density at radius 3 is 2.52 bits per heavy atom. The third kappa shape index (κ3) is 2.46. The standard InChI is InChI=1S/C12H11BrCl2N2O4/c13-12-16-6-1-4(14)5(15)2-7(6)17(12)11-10(20)9(19)8(3-18)21-11/h1-2,8-11,18-20H,3H2/t8-,9+,10+,11-/m1/s1. The molecule has 114 valence electrons. The van der Waals surface area contributed by atoms with Gasteiger partial charge in [-0.05, 0) is 28.1 Å². The predicted molar refractivity (Wildman–Crippen MR) is 80.5 cm³/mol. The molecule has 0 aliphatic carbocycles. The minimum absolute atomic E-state index is 0.338. The number of aliphatic hydroxyl groups is 3. The molecule has 0 amide bonds. The summed E-state index contributed by atoms with van der Waals surface area (Å²) >= 11 is 15.3. The summed E-state index contributed by atoms with van der Waals surface area (Å²) < 4.78 is 7.46. The Morgan fingerprint density at radius 1 is 1.24 bits per heavy atom. The van der Waals surface area contributed by atoms with Crippen molar-refractivity contribution in [2.24, 2.45) is 0 Å². The first kappa shape index (κ1) is 15.5. The summed E-state index contributed by atoms with van der Waals surface area (Å²) in [7, 11) is 0. The fourth-order valence-electron chi connectivity index (χ4n) is 2.40. The molecular weight excluding hydrogens is 387 g/mol. The van der Waals surface area contributed by atoms with Gasteiger partial charge in [-0.3, -0.25) is 4.57 Å². The summed E-state index contributed by atoms with van der Waals surface area (Å²) in [6.45, 7) is -0.397. The van der Waals surface area contributed by atoms with Crippen LogP contribution in [0.1, 0.15) is 6.23 Å². The van der Waals surface area contributed by atoms with E-state index in [0.29, 0.717) is 25.8 Å². The monoisotopic (exact) mass is 396 g/mol. The molecular formula is C12H11BrCl2N2O4. The number of hydrogen-bond acceptors (Lipinski definition) is 5. The molecule has 3 N–H and O–H groups in total. The molecule has 6 nitrogen and oxygen atoms in total. The Hall–Kier alpha value is -0.410. The van der Waals surface area contributed by atoms with Gasteiger partial charge in [-0.15, -0.1) is 0 Å². The van der Waals surface area contributed by atoms with Crippen molar-refractivity contribution >= 4 is 50.2 Å². The highest BCUT2D eigenvalue weighted by Crippen LogP contribution is 2.37. The maximum absolute atomic E-state index is 10.1. The van der Waals surface area contributed by atoms with Crippen LogP contribution in [-0.2, 0) is 4.74 Å². The van der Waals surface area contributed by atoms with Gasteiger partial charge in [0.15, 0.2) is 11.0 Å². The predicted octanol–water partition coefficient (Wildman–Crippen LogP) is 1.72. The lowest BCUT2D eigenvalue weighted by Gasteiger charge is -2.18. The van der Waals surface area contributed by atoms with Gasteiger partial charge in [-0.1, -0.05) is 23.2 Å². The van der Waals surface area contributed by atoms with E-state index in [4.69, 9.17) is 33.0 Å². The van der Waals surface area contributed by atoms with Crippen molar-refractivity contribution in [2.45, 2.75) is 24.5 Å². The first-order chi connectivity index (χ1) is 9.93. The zero-order chi connectivity index (χ0) is 15.3. The molecule has 21 heavy (non-hydrogen) atoms. The molecule has 4 atom stereocenters. The number of hydrogen-bond donors (Lipinski definition) is 3. The van der Waals surface area contributed by atoms with Crippen LogP contribution in [0, 0.1) is 0 Å². The molecule has 1 aliphatic heterocycles. The topological polar surface area (TPSA) is 87.7 Å². The van der Waals surface area contributed by atoms with Gasteiger partial charge in [-0.2, -0.15) is 0 Å². The van der Waals surface area contributed by atoms with E-state index in [-0.39, 0.29) is 0 Å². The van der Waals surface area contributed by atoms with Crippen LogP contribution in [0.25, 0.3) is 11.0 Å². The van der Waals surface area contributed by atoms with Crippen molar-refractivity contribution < 1.29 is 20.1 Å². The van der Waals surface area contributed by atoms with E-state index >= 15 is 0 Å².